The van der Waals surface area contributed by atoms with E-state index in [4.69, 9.17) is 0 Å². The molecule has 0 nitrogen and oxygen atoms in total. The van der Waals surface area contributed by atoms with Crippen LogP contribution in [0.3, 0.4) is 0 Å². The molecule has 8 rings (SSSR count). The van der Waals surface area contributed by atoms with Gasteiger partial charge < -0.3 is 24.8 Å². The monoisotopic (exact) mass is 1010 g/mol. The summed E-state index contributed by atoms with van der Waals surface area (Å²) in [7, 11) is 0. The van der Waals surface area contributed by atoms with Crippen molar-refractivity contribution in [3.05, 3.63) is 205 Å². The van der Waals surface area contributed by atoms with Gasteiger partial charge in [0.1, 0.15) is 0 Å². The molecule has 7 aromatic carbocycles. The van der Waals surface area contributed by atoms with Crippen LogP contribution in [0.1, 0.15) is 106 Å². The zero-order chi connectivity index (χ0) is 46.9. The molecule has 66 heavy (non-hydrogen) atoms. The molecule has 1 aliphatic carbocycles. The van der Waals surface area contributed by atoms with E-state index in [9.17, 15) is 26.3 Å². The Morgan fingerprint density at radius 3 is 1.44 bits per heavy atom. The third kappa shape index (κ3) is 12.8. The molecule has 0 aromatic heterocycles. The zero-order valence-corrected chi connectivity index (χ0v) is 43.0. The minimum Gasteiger partial charge on any atom is -1.00 e. The van der Waals surface area contributed by atoms with Crippen LogP contribution in [0.4, 0.5) is 26.3 Å². The van der Waals surface area contributed by atoms with Gasteiger partial charge in [-0.05, 0) is 75.8 Å². The van der Waals surface area contributed by atoms with Gasteiger partial charge in [0, 0.05) is 0 Å². The summed E-state index contributed by atoms with van der Waals surface area (Å²) in [6.45, 7) is 22.2. The maximum atomic E-state index is 12.5. The molecule has 0 fully saturated rings. The topological polar surface area (TPSA) is 0 Å². The van der Waals surface area contributed by atoms with Gasteiger partial charge in [0.15, 0.2) is 0 Å². The van der Waals surface area contributed by atoms with Crippen molar-refractivity contribution in [1.82, 2.24) is 0 Å². The summed E-state index contributed by atoms with van der Waals surface area (Å²) < 4.78 is 75.6. The molecule has 0 unspecified atom stereocenters. The third-order valence-electron chi connectivity index (χ3n) is 11.8. The van der Waals surface area contributed by atoms with Crippen LogP contribution in [0.2, 0.25) is 0 Å². The van der Waals surface area contributed by atoms with Crippen LogP contribution in [0.5, 0.6) is 0 Å². The largest absolute Gasteiger partial charge is 1.00 e. The predicted octanol–water partition coefficient (Wildman–Crippen LogP) is 10.4. The molecule has 0 saturated carbocycles. The van der Waals surface area contributed by atoms with E-state index in [1.165, 1.54) is 113 Å². The van der Waals surface area contributed by atoms with E-state index in [0.717, 1.165) is 61.3 Å². The van der Waals surface area contributed by atoms with E-state index in [-0.39, 0.29) is 24.8 Å². The molecule has 0 aliphatic heterocycles. The molecular weight excluding hydrogens is 961 g/mol. The minimum absolute atomic E-state index is 0. The third-order valence-corrected chi connectivity index (χ3v) is 13.2. The Bertz CT molecular complexity index is 2590. The molecular formula is C57H54Cl2F6Zr-2. The van der Waals surface area contributed by atoms with Gasteiger partial charge in [-0.25, -0.2) is 6.07 Å². The molecule has 0 amide bonds. The molecule has 344 valence electrons. The SMILES string of the molecule is CCc1cc(C(C)(C)C)c[cH-]1.Cc1cc(C)c(-c2[c-]c3c(cc2)-c2ccc(-c4c(C)cc(C)cc4C)cc2C3)c(C)c1.FC(F)(F)c1ccc([C](=[Zr+2])c2ccc(C(F)(F)F)cc2)cc1.[Cl-].[Cl-]. The quantitative estimate of drug-likeness (QED) is 0.119. The molecule has 0 radical (unpaired) electrons. The molecule has 0 bridgehead atoms. The van der Waals surface area contributed by atoms with Crippen LogP contribution in [0.25, 0.3) is 33.4 Å². The maximum absolute atomic E-state index is 12.5. The van der Waals surface area contributed by atoms with E-state index in [2.05, 4.69) is 148 Å². The van der Waals surface area contributed by atoms with E-state index in [1.54, 1.807) is 0 Å². The van der Waals surface area contributed by atoms with Crippen molar-refractivity contribution in [1.29, 1.82) is 0 Å². The van der Waals surface area contributed by atoms with Crippen LogP contribution in [0, 0.1) is 47.6 Å². The molecule has 1 aliphatic rings. The minimum atomic E-state index is -4.41. The number of hydrogen-bond donors (Lipinski definition) is 0. The maximum Gasteiger partial charge on any atom is -1.00 e. The Hall–Kier alpha value is -4.42. The second-order valence-electron chi connectivity index (χ2n) is 18.0. The molecule has 0 heterocycles. The van der Waals surface area contributed by atoms with Gasteiger partial charge in [-0.2, -0.15) is 23.3 Å². The molecule has 0 atom stereocenters. The zero-order valence-electron chi connectivity index (χ0n) is 39.0. The Morgan fingerprint density at radius 1 is 0.576 bits per heavy atom. The second kappa shape index (κ2) is 21.7. The van der Waals surface area contributed by atoms with Gasteiger partial charge >= 0.3 is 137 Å². The van der Waals surface area contributed by atoms with E-state index in [0.29, 0.717) is 19.7 Å². The molecule has 0 spiro atoms. The van der Waals surface area contributed by atoms with Crippen molar-refractivity contribution in [2.45, 2.75) is 99.8 Å². The first kappa shape index (κ1) is 54.2. The van der Waals surface area contributed by atoms with Gasteiger partial charge in [0.05, 0.1) is 0 Å². The smallest absolute Gasteiger partial charge is 1.00 e. The van der Waals surface area contributed by atoms with Gasteiger partial charge in [0.2, 0.25) is 0 Å². The number of hydrogen-bond acceptors (Lipinski definition) is 0. The number of rotatable bonds is 5. The van der Waals surface area contributed by atoms with Crippen molar-refractivity contribution in [3.8, 4) is 33.4 Å². The molecule has 0 saturated heterocycles. The number of alkyl halides is 6. The summed E-state index contributed by atoms with van der Waals surface area (Å²) in [6, 6.07) is 40.4. The molecule has 0 N–H and O–H groups in total. The summed E-state index contributed by atoms with van der Waals surface area (Å²) in [4.78, 5) is 0. The van der Waals surface area contributed by atoms with E-state index < -0.39 is 23.5 Å². The summed E-state index contributed by atoms with van der Waals surface area (Å²) >= 11 is 0.898. The first-order valence-corrected chi connectivity index (χ1v) is 22.7. The van der Waals surface area contributed by atoms with Crippen LogP contribution >= 0.6 is 0 Å². The first-order valence-electron chi connectivity index (χ1n) is 21.5. The van der Waals surface area contributed by atoms with Crippen molar-refractivity contribution >= 4 is 3.21 Å². The summed E-state index contributed by atoms with van der Waals surface area (Å²) in [5, 5.41) is 0. The van der Waals surface area contributed by atoms with Crippen LogP contribution < -0.4 is 24.8 Å². The van der Waals surface area contributed by atoms with Gasteiger partial charge in [-0.15, -0.1) is 29.3 Å². The van der Waals surface area contributed by atoms with Crippen LogP contribution in [-0.4, -0.2) is 3.21 Å². The Kier molecular flexibility index (Phi) is 17.8. The second-order valence-corrected chi connectivity index (χ2v) is 19.2. The average Bonchev–Trinajstić information content (AvgIpc) is 3.85. The first-order chi connectivity index (χ1) is 29.9. The number of fused-ring (bicyclic) bond motifs is 3. The Labute approximate surface area is 414 Å². The van der Waals surface area contributed by atoms with Gasteiger partial charge in [-0.1, -0.05) is 121 Å². The number of halogens is 8. The summed E-state index contributed by atoms with van der Waals surface area (Å²) in [6.07, 6.45) is -6.71. The predicted molar refractivity (Wildman–Crippen MR) is 249 cm³/mol. The van der Waals surface area contributed by atoms with Gasteiger partial charge in [-0.3, -0.25) is 0 Å². The van der Waals surface area contributed by atoms with Crippen molar-refractivity contribution in [2.75, 3.05) is 0 Å². The van der Waals surface area contributed by atoms with Crippen LogP contribution in [-0.2, 0) is 54.8 Å². The average molecular weight is 1020 g/mol. The summed E-state index contributed by atoms with van der Waals surface area (Å²) in [5.41, 5.74) is 21.5. The van der Waals surface area contributed by atoms with Gasteiger partial charge in [0.25, 0.3) is 0 Å². The normalized spacial score (nSPS) is 11.8. The van der Waals surface area contributed by atoms with Crippen molar-refractivity contribution in [3.63, 3.8) is 0 Å². The van der Waals surface area contributed by atoms with E-state index in [1.807, 2.05) is 0 Å². The fourth-order valence-electron chi connectivity index (χ4n) is 8.66. The number of aryl methyl sites for hydroxylation is 7. The summed E-state index contributed by atoms with van der Waals surface area (Å²) in [5.74, 6) is 0. The Morgan fingerprint density at radius 2 is 1.03 bits per heavy atom. The molecule has 7 aromatic rings. The van der Waals surface area contributed by atoms with Crippen LogP contribution in [0.15, 0.2) is 121 Å². The molecule has 9 heteroatoms. The van der Waals surface area contributed by atoms with Crippen molar-refractivity contribution in [2.24, 2.45) is 0 Å². The Balaban J connectivity index is 0.000000238. The number of benzene rings is 6. The van der Waals surface area contributed by atoms with Crippen molar-refractivity contribution < 1.29 is 75.4 Å². The van der Waals surface area contributed by atoms with E-state index >= 15 is 0 Å². The fourth-order valence-corrected chi connectivity index (χ4v) is 9.48. The fraction of sp³-hybridized carbons (Fsp3) is 0.263. The standard InChI is InChI=1S/C31H29.C15H8F6.C11H17.2ClH.Zr/c1-18-11-20(3)30(21(4)12-18)24-7-9-28-26(15-24)17-27-16-25(8-10-29(27)28)31-22(5)13-19(2)14-23(31)6;16-14(17,18)12-5-1-10(2-6-12)9-11-3-7-13(8-4-11)15(19,20)21;1-5-9-6-7-10(8-9)11(2,3)4;;;/h7-15H,17H2,1-6H3;1-8H;6-8H,5H2,1-4H3;2*1H;/q-1;;-1;;;+2/p-2.